The van der Waals surface area contributed by atoms with Crippen molar-refractivity contribution in [2.45, 2.75) is 32.5 Å². The van der Waals surface area contributed by atoms with E-state index in [9.17, 15) is 19.1 Å². The zero-order valence-corrected chi connectivity index (χ0v) is 12.9. The van der Waals surface area contributed by atoms with Crippen molar-refractivity contribution in [3.63, 3.8) is 0 Å². The third-order valence-corrected chi connectivity index (χ3v) is 3.37. The van der Waals surface area contributed by atoms with Crippen LogP contribution >= 0.6 is 0 Å². The molecule has 0 saturated heterocycles. The minimum absolute atomic E-state index is 0.235. The van der Waals surface area contributed by atoms with E-state index in [4.69, 9.17) is 0 Å². The van der Waals surface area contributed by atoms with Gasteiger partial charge < -0.3 is 10.4 Å². The Morgan fingerprint density at radius 1 is 1.30 bits per heavy atom. The van der Waals surface area contributed by atoms with E-state index >= 15 is 0 Å². The molecule has 2 N–H and O–H groups in total. The highest BCUT2D eigenvalue weighted by molar-refractivity contribution is 5.76. The molecule has 122 valence electrons. The summed E-state index contributed by atoms with van der Waals surface area (Å²) in [5.41, 5.74) is 0.735. The molecule has 0 spiro atoms. The van der Waals surface area contributed by atoms with Gasteiger partial charge in [-0.15, -0.1) is 0 Å². The summed E-state index contributed by atoms with van der Waals surface area (Å²) in [6.45, 7) is 3.11. The zero-order valence-electron chi connectivity index (χ0n) is 12.9. The van der Waals surface area contributed by atoms with E-state index in [-0.39, 0.29) is 12.1 Å². The number of aliphatic hydroxyl groups is 1. The predicted molar refractivity (Wildman–Crippen MR) is 82.2 cm³/mol. The molecule has 2 unspecified atom stereocenters. The fraction of sp³-hybridized carbons (Fsp3) is 0.312. The molecule has 1 heterocycles. The molecule has 1 aromatic carbocycles. The number of aryl methyl sites for hydroxylation is 1. The second-order valence-corrected chi connectivity index (χ2v) is 5.32. The van der Waals surface area contributed by atoms with Crippen LogP contribution in [0.4, 0.5) is 4.39 Å². The number of nitrogens with zero attached hydrogens (tertiary/aromatic N) is 2. The molecule has 23 heavy (non-hydrogen) atoms. The lowest BCUT2D eigenvalue weighted by Crippen LogP contribution is -2.41. The lowest BCUT2D eigenvalue weighted by Gasteiger charge is -2.20. The summed E-state index contributed by atoms with van der Waals surface area (Å²) in [4.78, 5) is 23.6. The smallest absolute Gasteiger partial charge is 0.267 e. The van der Waals surface area contributed by atoms with E-state index < -0.39 is 23.9 Å². The van der Waals surface area contributed by atoms with Crippen LogP contribution in [0.15, 0.2) is 41.2 Å². The topological polar surface area (TPSA) is 84.2 Å². The number of rotatable bonds is 5. The SMILES string of the molecule is Cc1ccc(=O)n(CC(=O)NC(C)C(O)c2ccc(F)cc2)n1. The molecule has 0 aliphatic heterocycles. The number of carbonyl (C=O) groups excluding carboxylic acids is 1. The minimum Gasteiger partial charge on any atom is -0.386 e. The molecule has 0 saturated carbocycles. The van der Waals surface area contributed by atoms with Crippen molar-refractivity contribution < 1.29 is 14.3 Å². The van der Waals surface area contributed by atoms with E-state index in [0.29, 0.717) is 11.3 Å². The van der Waals surface area contributed by atoms with Crippen LogP contribution in [0.1, 0.15) is 24.3 Å². The number of carbonyl (C=O) groups is 1. The first-order valence-corrected chi connectivity index (χ1v) is 7.14. The normalized spacial score (nSPS) is 13.4. The molecule has 6 nitrogen and oxygen atoms in total. The zero-order chi connectivity index (χ0) is 17.0. The summed E-state index contributed by atoms with van der Waals surface area (Å²) in [7, 11) is 0. The van der Waals surface area contributed by atoms with Crippen LogP contribution in [0.25, 0.3) is 0 Å². The average molecular weight is 319 g/mol. The Labute approximate surface area is 132 Å². The average Bonchev–Trinajstić information content (AvgIpc) is 2.51. The Bertz CT molecular complexity index is 743. The van der Waals surface area contributed by atoms with Crippen molar-refractivity contribution in [2.75, 3.05) is 0 Å². The van der Waals surface area contributed by atoms with Gasteiger partial charge in [-0.05, 0) is 37.6 Å². The number of benzene rings is 1. The highest BCUT2D eigenvalue weighted by Crippen LogP contribution is 2.17. The standard InChI is InChI=1S/C16H18FN3O3/c1-10-3-8-15(22)20(19-10)9-14(21)18-11(2)16(23)12-4-6-13(17)7-5-12/h3-8,11,16,23H,9H2,1-2H3,(H,18,21). The number of aromatic nitrogens is 2. The van der Waals surface area contributed by atoms with Crippen molar-refractivity contribution in [1.29, 1.82) is 0 Å². The van der Waals surface area contributed by atoms with Crippen molar-refractivity contribution in [3.8, 4) is 0 Å². The fourth-order valence-corrected chi connectivity index (χ4v) is 2.13. The first-order chi connectivity index (χ1) is 10.9. The molecule has 1 amide bonds. The van der Waals surface area contributed by atoms with Gasteiger partial charge in [0.25, 0.3) is 5.56 Å². The Hall–Kier alpha value is -2.54. The molecule has 0 fully saturated rings. The van der Waals surface area contributed by atoms with E-state index in [2.05, 4.69) is 10.4 Å². The van der Waals surface area contributed by atoms with Gasteiger partial charge in [-0.1, -0.05) is 12.1 Å². The van der Waals surface area contributed by atoms with E-state index in [0.717, 1.165) is 4.68 Å². The maximum atomic E-state index is 12.9. The Balaban J connectivity index is 2.00. The summed E-state index contributed by atoms with van der Waals surface area (Å²) in [6, 6.07) is 7.69. The Morgan fingerprint density at radius 3 is 2.61 bits per heavy atom. The molecular weight excluding hydrogens is 301 g/mol. The second-order valence-electron chi connectivity index (χ2n) is 5.32. The summed E-state index contributed by atoms with van der Waals surface area (Å²) >= 11 is 0. The van der Waals surface area contributed by atoms with Gasteiger partial charge in [0.15, 0.2) is 0 Å². The summed E-state index contributed by atoms with van der Waals surface area (Å²) in [6.07, 6.45) is -0.984. The molecule has 7 heteroatoms. The van der Waals surface area contributed by atoms with E-state index in [1.807, 2.05) is 0 Å². The van der Waals surface area contributed by atoms with E-state index in [1.165, 1.54) is 30.3 Å². The van der Waals surface area contributed by atoms with Gasteiger partial charge in [-0.2, -0.15) is 5.10 Å². The largest absolute Gasteiger partial charge is 0.386 e. The minimum atomic E-state index is -0.984. The summed E-state index contributed by atoms with van der Waals surface area (Å²) in [5, 5.41) is 16.7. The van der Waals surface area contributed by atoms with Gasteiger partial charge in [0.2, 0.25) is 5.91 Å². The molecule has 0 aliphatic carbocycles. The van der Waals surface area contributed by atoms with Crippen molar-refractivity contribution in [2.24, 2.45) is 0 Å². The Morgan fingerprint density at radius 2 is 1.96 bits per heavy atom. The number of nitrogens with one attached hydrogen (secondary N) is 1. The van der Waals surface area contributed by atoms with Gasteiger partial charge in [-0.25, -0.2) is 9.07 Å². The maximum Gasteiger partial charge on any atom is 0.267 e. The number of hydrogen-bond acceptors (Lipinski definition) is 4. The van der Waals surface area contributed by atoms with Crippen LogP contribution in [-0.2, 0) is 11.3 Å². The van der Waals surface area contributed by atoms with Gasteiger partial charge in [0, 0.05) is 6.07 Å². The summed E-state index contributed by atoms with van der Waals surface area (Å²) < 4.78 is 13.9. The van der Waals surface area contributed by atoms with Crippen molar-refractivity contribution in [3.05, 3.63) is 63.8 Å². The second kappa shape index (κ2) is 7.15. The molecule has 0 aliphatic rings. The van der Waals surface area contributed by atoms with Crippen LogP contribution in [0, 0.1) is 12.7 Å². The quantitative estimate of drug-likeness (QED) is 0.859. The van der Waals surface area contributed by atoms with Gasteiger partial charge >= 0.3 is 0 Å². The van der Waals surface area contributed by atoms with Gasteiger partial charge in [-0.3, -0.25) is 9.59 Å². The molecule has 2 rings (SSSR count). The Kier molecular flexibility index (Phi) is 5.23. The number of aliphatic hydroxyl groups excluding tert-OH is 1. The lowest BCUT2D eigenvalue weighted by atomic mass is 10.0. The first kappa shape index (κ1) is 16.8. The molecule has 2 aromatic rings. The van der Waals surface area contributed by atoms with Gasteiger partial charge in [0.05, 0.1) is 17.8 Å². The highest BCUT2D eigenvalue weighted by atomic mass is 19.1. The number of halogens is 1. The number of hydrogen-bond donors (Lipinski definition) is 2. The van der Waals surface area contributed by atoms with E-state index in [1.54, 1.807) is 19.9 Å². The predicted octanol–water partition coefficient (Wildman–Crippen LogP) is 0.929. The van der Waals surface area contributed by atoms with Crippen molar-refractivity contribution >= 4 is 5.91 Å². The van der Waals surface area contributed by atoms with Crippen LogP contribution in [-0.4, -0.2) is 26.8 Å². The third-order valence-electron chi connectivity index (χ3n) is 3.37. The highest BCUT2D eigenvalue weighted by Gasteiger charge is 2.19. The first-order valence-electron chi connectivity index (χ1n) is 7.14. The van der Waals surface area contributed by atoms with Gasteiger partial charge in [0.1, 0.15) is 12.4 Å². The molecule has 2 atom stereocenters. The van der Waals surface area contributed by atoms with Crippen LogP contribution in [0.3, 0.4) is 0 Å². The molecule has 0 radical (unpaired) electrons. The van der Waals surface area contributed by atoms with Crippen LogP contribution in [0.5, 0.6) is 0 Å². The monoisotopic (exact) mass is 319 g/mol. The molecule has 0 bridgehead atoms. The fourth-order valence-electron chi connectivity index (χ4n) is 2.13. The number of amides is 1. The van der Waals surface area contributed by atoms with Crippen molar-refractivity contribution in [1.82, 2.24) is 15.1 Å². The molecular formula is C16H18FN3O3. The maximum absolute atomic E-state index is 12.9. The third kappa shape index (κ3) is 4.46. The summed E-state index contributed by atoms with van der Waals surface area (Å²) in [5.74, 6) is -0.846. The van der Waals surface area contributed by atoms with Crippen LogP contribution < -0.4 is 10.9 Å². The lowest BCUT2D eigenvalue weighted by molar-refractivity contribution is -0.123. The molecule has 1 aromatic heterocycles. The van der Waals surface area contributed by atoms with Crippen LogP contribution in [0.2, 0.25) is 0 Å².